The Kier molecular flexibility index (Phi) is 9.47. The molecule has 0 saturated heterocycles. The third-order valence-corrected chi connectivity index (χ3v) is 13.4. The molecular formula is C64H44N4. The van der Waals surface area contributed by atoms with E-state index in [0.29, 0.717) is 0 Å². The lowest BCUT2D eigenvalue weighted by Gasteiger charge is -2.17. The number of hydrogen-bond acceptors (Lipinski definition) is 0. The van der Waals surface area contributed by atoms with Gasteiger partial charge in [0.15, 0.2) is 0 Å². The molecule has 0 aliphatic heterocycles. The fourth-order valence-electron chi connectivity index (χ4n) is 10.1. The highest BCUT2D eigenvalue weighted by atomic mass is 15.0. The van der Waals surface area contributed by atoms with Crippen molar-refractivity contribution >= 4 is 87.2 Å². The van der Waals surface area contributed by atoms with Gasteiger partial charge in [0.2, 0.25) is 0 Å². The van der Waals surface area contributed by atoms with Crippen LogP contribution in [-0.4, -0.2) is 18.3 Å². The van der Waals surface area contributed by atoms with Crippen LogP contribution < -0.4 is 0 Å². The number of rotatable bonds is 4. The lowest BCUT2D eigenvalue weighted by Crippen LogP contribution is -2.02. The Bertz CT molecular complexity index is 3700. The van der Waals surface area contributed by atoms with Gasteiger partial charge in [-0.25, -0.2) is 0 Å². The zero-order valence-corrected chi connectivity index (χ0v) is 37.2. The number of fused-ring (bicyclic) bond motifs is 4. The first-order valence-electron chi connectivity index (χ1n) is 23.2. The SMILES string of the molecule is c1ccc2cc(-n3c4ccc(cc4)n(-c4ccc5ccccc5c4)c4cccc(c4)n(-c4ccc5ccccc5c4)c4ccc(cc4)n(-c4ccc5ccccc5c4)c4cccc3c4)ccc2c1. The molecule has 4 heterocycles. The van der Waals surface area contributed by atoms with Crippen LogP contribution in [0.5, 0.6) is 0 Å². The fourth-order valence-corrected chi connectivity index (χ4v) is 10.1. The molecule has 0 atom stereocenters. The summed E-state index contributed by atoms with van der Waals surface area (Å²) in [7, 11) is 0. The molecule has 4 heteroatoms. The largest absolute Gasteiger partial charge is 0.310 e. The zero-order valence-electron chi connectivity index (χ0n) is 37.2. The van der Waals surface area contributed by atoms with Gasteiger partial charge in [0.25, 0.3) is 0 Å². The highest BCUT2D eigenvalue weighted by Gasteiger charge is 2.10. The number of benzene rings is 12. The average molecular weight is 869 g/mol. The molecule has 68 heavy (non-hydrogen) atoms. The van der Waals surface area contributed by atoms with E-state index in [9.17, 15) is 0 Å². The van der Waals surface area contributed by atoms with Crippen LogP contribution in [0.3, 0.4) is 0 Å². The Morgan fingerprint density at radius 2 is 0.368 bits per heavy atom. The maximum absolute atomic E-state index is 2.38. The zero-order chi connectivity index (χ0) is 45.0. The fraction of sp³-hybridized carbons (Fsp3) is 0. The quantitative estimate of drug-likeness (QED) is 0.168. The topological polar surface area (TPSA) is 19.7 Å². The van der Waals surface area contributed by atoms with Crippen molar-refractivity contribution in [1.29, 1.82) is 0 Å². The lowest BCUT2D eigenvalue weighted by molar-refractivity contribution is 1.13. The molecule has 0 fully saturated rings. The van der Waals surface area contributed by atoms with Gasteiger partial charge in [-0.3, -0.25) is 0 Å². The summed E-state index contributed by atoms with van der Waals surface area (Å²) in [5.41, 5.74) is 12.7. The Labute approximate surface area is 393 Å². The Hall–Kier alpha value is -9.12. The van der Waals surface area contributed by atoms with Crippen LogP contribution in [0.2, 0.25) is 0 Å². The molecule has 0 aliphatic carbocycles. The van der Waals surface area contributed by atoms with E-state index in [0.717, 1.165) is 66.9 Å². The van der Waals surface area contributed by atoms with E-state index < -0.39 is 0 Å². The van der Waals surface area contributed by atoms with Crippen LogP contribution in [0.15, 0.2) is 267 Å². The molecule has 4 nitrogen and oxygen atoms in total. The first-order chi connectivity index (χ1) is 33.7. The maximum Gasteiger partial charge on any atom is 0.0482 e. The van der Waals surface area contributed by atoms with Gasteiger partial charge in [-0.15, -0.1) is 0 Å². The first kappa shape index (κ1) is 39.3. The molecule has 16 aromatic rings. The maximum atomic E-state index is 2.38. The van der Waals surface area contributed by atoms with E-state index in [1.165, 1.54) is 43.1 Å². The predicted molar refractivity (Wildman–Crippen MR) is 288 cm³/mol. The van der Waals surface area contributed by atoms with Gasteiger partial charge in [-0.05, 0) is 177 Å². The van der Waals surface area contributed by atoms with E-state index in [1.807, 2.05) is 0 Å². The van der Waals surface area contributed by atoms with Crippen LogP contribution in [0.1, 0.15) is 0 Å². The number of aromatic nitrogens is 4. The summed E-state index contributed by atoms with van der Waals surface area (Å²) in [6.07, 6.45) is 0. The van der Waals surface area contributed by atoms with Crippen molar-refractivity contribution in [3.8, 4) is 22.7 Å². The molecule has 16 rings (SSSR count). The van der Waals surface area contributed by atoms with Crippen molar-refractivity contribution < 1.29 is 0 Å². The summed E-state index contributed by atoms with van der Waals surface area (Å²) in [5, 5.41) is 9.59. The second-order valence-electron chi connectivity index (χ2n) is 17.5. The van der Waals surface area contributed by atoms with Gasteiger partial charge in [-0.2, -0.15) is 0 Å². The van der Waals surface area contributed by atoms with Crippen molar-refractivity contribution in [3.63, 3.8) is 0 Å². The molecule has 12 aromatic carbocycles. The minimum Gasteiger partial charge on any atom is -0.310 e. The molecule has 0 amide bonds. The molecule has 0 N–H and O–H groups in total. The van der Waals surface area contributed by atoms with Crippen molar-refractivity contribution in [3.05, 3.63) is 267 Å². The van der Waals surface area contributed by atoms with Gasteiger partial charge in [-0.1, -0.05) is 133 Å². The molecule has 320 valence electrons. The normalized spacial score (nSPS) is 11.5. The molecule has 0 saturated carbocycles. The smallest absolute Gasteiger partial charge is 0.0482 e. The van der Waals surface area contributed by atoms with E-state index in [4.69, 9.17) is 0 Å². The van der Waals surface area contributed by atoms with Crippen molar-refractivity contribution in [1.82, 2.24) is 18.3 Å². The minimum atomic E-state index is 1.05. The molecule has 8 bridgehead atoms. The van der Waals surface area contributed by atoms with Crippen molar-refractivity contribution in [2.45, 2.75) is 0 Å². The summed E-state index contributed by atoms with van der Waals surface area (Å²) < 4.78 is 9.53. The van der Waals surface area contributed by atoms with Gasteiger partial charge in [0, 0.05) is 66.9 Å². The standard InChI is InChI=1S/C64H44N4/c1-5-15-49-39-61(27-23-45(49)11-1)65-53-31-33-54(34-32-53)67(63-29-25-47-13-3-7-17-51(47)41-63)59-21-10-22-60(44-59)68(64-30-26-48-14-4-8-18-52(48)42-64)56-37-35-55(36-38-56)66(58-20-9-19-57(65)43-58)62-28-24-46-12-2-6-16-50(46)40-62/h1-44H. The second kappa shape index (κ2) is 16.4. The average Bonchev–Trinajstić information content (AvgIpc) is 3.40. The van der Waals surface area contributed by atoms with Crippen molar-refractivity contribution in [2.24, 2.45) is 0 Å². The first-order valence-corrected chi connectivity index (χ1v) is 23.2. The highest BCUT2D eigenvalue weighted by molar-refractivity contribution is 5.90. The number of nitrogens with zero attached hydrogens (tertiary/aromatic N) is 4. The highest BCUT2D eigenvalue weighted by Crippen LogP contribution is 2.30. The van der Waals surface area contributed by atoms with E-state index in [-0.39, 0.29) is 0 Å². The third-order valence-electron chi connectivity index (χ3n) is 13.4. The van der Waals surface area contributed by atoms with Gasteiger partial charge < -0.3 is 18.3 Å². The summed E-state index contributed by atoms with van der Waals surface area (Å²) in [4.78, 5) is 0. The third kappa shape index (κ3) is 7.04. The summed E-state index contributed by atoms with van der Waals surface area (Å²) in [6, 6.07) is 97.5. The monoisotopic (exact) mass is 868 g/mol. The Balaban J connectivity index is 1.19. The summed E-state index contributed by atoms with van der Waals surface area (Å²) >= 11 is 0. The Morgan fingerprint density at radius 3 is 0.603 bits per heavy atom. The van der Waals surface area contributed by atoms with Crippen LogP contribution in [-0.2, 0) is 0 Å². The molecule has 4 aromatic heterocycles. The van der Waals surface area contributed by atoms with Crippen molar-refractivity contribution in [2.75, 3.05) is 0 Å². The minimum absolute atomic E-state index is 1.05. The van der Waals surface area contributed by atoms with Gasteiger partial charge in [0.05, 0.1) is 0 Å². The molecule has 0 aliphatic rings. The predicted octanol–water partition coefficient (Wildman–Crippen LogP) is 16.9. The molecule has 0 spiro atoms. The van der Waals surface area contributed by atoms with Crippen LogP contribution in [0.4, 0.5) is 0 Å². The van der Waals surface area contributed by atoms with Crippen LogP contribution >= 0.6 is 0 Å². The Morgan fingerprint density at radius 1 is 0.147 bits per heavy atom. The van der Waals surface area contributed by atoms with E-state index in [1.54, 1.807) is 0 Å². The molecule has 0 unspecified atom stereocenters. The molecular weight excluding hydrogens is 825 g/mol. The summed E-state index contributed by atoms with van der Waals surface area (Å²) in [6.45, 7) is 0. The van der Waals surface area contributed by atoms with E-state index in [2.05, 4.69) is 285 Å². The molecule has 0 radical (unpaired) electrons. The van der Waals surface area contributed by atoms with Crippen LogP contribution in [0, 0.1) is 0 Å². The number of hydrogen-bond donors (Lipinski definition) is 0. The van der Waals surface area contributed by atoms with Gasteiger partial charge in [0.1, 0.15) is 0 Å². The van der Waals surface area contributed by atoms with Gasteiger partial charge >= 0.3 is 0 Å². The lowest BCUT2D eigenvalue weighted by atomic mass is 10.1. The summed E-state index contributed by atoms with van der Waals surface area (Å²) in [5.74, 6) is 0. The van der Waals surface area contributed by atoms with Crippen LogP contribution in [0.25, 0.3) is 110 Å². The van der Waals surface area contributed by atoms with E-state index >= 15 is 0 Å². The second-order valence-corrected chi connectivity index (χ2v) is 17.5.